The second-order valence-electron chi connectivity index (χ2n) is 5.95. The van der Waals surface area contributed by atoms with E-state index in [4.69, 9.17) is 31.5 Å². The fraction of sp³-hybridized carbons (Fsp3) is 0.300. The summed E-state index contributed by atoms with van der Waals surface area (Å²) < 4.78 is 14.9. The maximum Gasteiger partial charge on any atom is 0.320 e. The van der Waals surface area contributed by atoms with Crippen molar-refractivity contribution in [3.63, 3.8) is 0 Å². The zero-order valence-electron chi connectivity index (χ0n) is 15.4. The zero-order valence-corrected chi connectivity index (χ0v) is 16.2. The first-order chi connectivity index (χ1) is 12.9. The first kappa shape index (κ1) is 20.6. The number of halogens is 1. The summed E-state index contributed by atoms with van der Waals surface area (Å²) in [6.45, 7) is 0. The van der Waals surface area contributed by atoms with Crippen molar-refractivity contribution in [3.8, 4) is 5.75 Å². The Balaban J connectivity index is 2.53. The third-order valence-electron chi connectivity index (χ3n) is 4.40. The lowest BCUT2D eigenvalue weighted by molar-refractivity contribution is -0.160. The number of benzene rings is 2. The lowest BCUT2D eigenvalue weighted by Crippen LogP contribution is -2.33. The zero-order chi connectivity index (χ0) is 20.0. The molecule has 0 aliphatic rings. The SMILES string of the molecule is COC(=O)C(C(=O)OC)C(Cc1cc(Cl)ccc1N)c1ccc(OC)cc1. The van der Waals surface area contributed by atoms with E-state index >= 15 is 0 Å². The van der Waals surface area contributed by atoms with E-state index in [1.807, 2.05) is 0 Å². The van der Waals surface area contributed by atoms with Crippen molar-refractivity contribution in [2.24, 2.45) is 5.92 Å². The number of carbonyl (C=O) groups excluding carboxylic acids is 2. The van der Waals surface area contributed by atoms with E-state index in [9.17, 15) is 9.59 Å². The van der Waals surface area contributed by atoms with Gasteiger partial charge in [0.25, 0.3) is 0 Å². The Labute approximate surface area is 163 Å². The minimum atomic E-state index is -1.15. The summed E-state index contributed by atoms with van der Waals surface area (Å²) in [5.41, 5.74) is 8.06. The van der Waals surface area contributed by atoms with E-state index in [1.54, 1.807) is 49.6 Å². The van der Waals surface area contributed by atoms with E-state index in [2.05, 4.69) is 0 Å². The molecule has 0 fully saturated rings. The summed E-state index contributed by atoms with van der Waals surface area (Å²) in [7, 11) is 4.03. The number of rotatable bonds is 7. The third-order valence-corrected chi connectivity index (χ3v) is 4.64. The molecule has 2 aromatic carbocycles. The van der Waals surface area contributed by atoms with E-state index in [0.717, 1.165) is 11.1 Å². The molecule has 0 spiro atoms. The van der Waals surface area contributed by atoms with Crippen LogP contribution in [-0.2, 0) is 25.5 Å². The molecule has 0 saturated heterocycles. The van der Waals surface area contributed by atoms with Gasteiger partial charge in [0.15, 0.2) is 5.92 Å². The van der Waals surface area contributed by atoms with Crippen LogP contribution in [-0.4, -0.2) is 33.3 Å². The van der Waals surface area contributed by atoms with Crippen LogP contribution < -0.4 is 10.5 Å². The van der Waals surface area contributed by atoms with Crippen LogP contribution in [0, 0.1) is 5.92 Å². The van der Waals surface area contributed by atoms with E-state index in [1.165, 1.54) is 14.2 Å². The number of methoxy groups -OCH3 is 3. The van der Waals surface area contributed by atoms with Gasteiger partial charge in [-0.25, -0.2) is 0 Å². The largest absolute Gasteiger partial charge is 0.497 e. The molecule has 2 N–H and O–H groups in total. The fourth-order valence-corrected chi connectivity index (χ4v) is 3.14. The Morgan fingerprint density at radius 1 is 1.00 bits per heavy atom. The van der Waals surface area contributed by atoms with Gasteiger partial charge < -0.3 is 19.9 Å². The Morgan fingerprint density at radius 3 is 2.11 bits per heavy atom. The summed E-state index contributed by atoms with van der Waals surface area (Å²) in [6.07, 6.45) is 0.299. The van der Waals surface area contributed by atoms with Gasteiger partial charge in [0.05, 0.1) is 21.3 Å². The number of hydrogen-bond donors (Lipinski definition) is 1. The van der Waals surface area contributed by atoms with Crippen LogP contribution in [0.1, 0.15) is 17.0 Å². The smallest absolute Gasteiger partial charge is 0.320 e. The number of nitrogens with two attached hydrogens (primary N) is 1. The average molecular weight is 392 g/mol. The highest BCUT2D eigenvalue weighted by atomic mass is 35.5. The number of esters is 2. The van der Waals surface area contributed by atoms with Gasteiger partial charge >= 0.3 is 11.9 Å². The minimum absolute atomic E-state index is 0.299. The molecular formula is C20H22ClNO5. The highest BCUT2D eigenvalue weighted by molar-refractivity contribution is 6.30. The average Bonchev–Trinajstić information content (AvgIpc) is 2.69. The summed E-state index contributed by atoms with van der Waals surface area (Å²) in [6, 6.07) is 12.2. The molecule has 0 aliphatic carbocycles. The van der Waals surface area contributed by atoms with Crippen molar-refractivity contribution in [2.45, 2.75) is 12.3 Å². The standard InChI is InChI=1S/C20H22ClNO5/c1-25-15-7-4-12(5-8-15)16(18(19(23)26-2)20(24)27-3)11-13-10-14(21)6-9-17(13)22/h4-10,16,18H,11,22H2,1-3H3. The molecule has 0 aromatic heterocycles. The number of ether oxygens (including phenoxy) is 3. The van der Waals surface area contributed by atoms with Crippen LogP contribution in [0.4, 0.5) is 5.69 Å². The molecule has 0 aliphatic heterocycles. The van der Waals surface area contributed by atoms with Gasteiger partial charge in [0, 0.05) is 16.6 Å². The third kappa shape index (κ3) is 4.92. The lowest BCUT2D eigenvalue weighted by Gasteiger charge is -2.25. The monoisotopic (exact) mass is 391 g/mol. The molecule has 27 heavy (non-hydrogen) atoms. The van der Waals surface area contributed by atoms with E-state index < -0.39 is 23.8 Å². The predicted octanol–water partition coefficient (Wildman–Crippen LogP) is 3.22. The van der Waals surface area contributed by atoms with Crippen molar-refractivity contribution >= 4 is 29.2 Å². The summed E-state index contributed by atoms with van der Waals surface area (Å²) >= 11 is 6.09. The van der Waals surface area contributed by atoms with Crippen molar-refractivity contribution in [3.05, 3.63) is 58.6 Å². The van der Waals surface area contributed by atoms with Crippen LogP contribution in [0.25, 0.3) is 0 Å². The Bertz CT molecular complexity index is 791. The van der Waals surface area contributed by atoms with Crippen molar-refractivity contribution in [2.75, 3.05) is 27.1 Å². The Hall–Kier alpha value is -2.73. The van der Waals surface area contributed by atoms with E-state index in [-0.39, 0.29) is 0 Å². The first-order valence-electron chi connectivity index (χ1n) is 8.24. The minimum Gasteiger partial charge on any atom is -0.497 e. The molecule has 0 radical (unpaired) electrons. The molecule has 7 heteroatoms. The normalized spacial score (nSPS) is 11.7. The molecule has 0 saturated carbocycles. The second-order valence-corrected chi connectivity index (χ2v) is 6.39. The summed E-state index contributed by atoms with van der Waals surface area (Å²) in [4.78, 5) is 24.8. The topological polar surface area (TPSA) is 87.9 Å². The van der Waals surface area contributed by atoms with Crippen LogP contribution in [0.2, 0.25) is 5.02 Å². The number of hydrogen-bond acceptors (Lipinski definition) is 6. The Kier molecular flexibility index (Phi) is 7.07. The molecule has 2 rings (SSSR count). The van der Waals surface area contributed by atoms with Crippen LogP contribution in [0.5, 0.6) is 5.75 Å². The van der Waals surface area contributed by atoms with Gasteiger partial charge in [0.1, 0.15) is 5.75 Å². The molecular weight excluding hydrogens is 370 g/mol. The van der Waals surface area contributed by atoms with Crippen molar-refractivity contribution < 1.29 is 23.8 Å². The van der Waals surface area contributed by atoms with Gasteiger partial charge in [-0.1, -0.05) is 23.7 Å². The predicted molar refractivity (Wildman–Crippen MR) is 103 cm³/mol. The first-order valence-corrected chi connectivity index (χ1v) is 8.62. The second kappa shape index (κ2) is 9.28. The van der Waals surface area contributed by atoms with Crippen LogP contribution in [0.15, 0.2) is 42.5 Å². The number of anilines is 1. The molecule has 144 valence electrons. The molecule has 0 heterocycles. The van der Waals surface area contributed by atoms with Gasteiger partial charge in [0.2, 0.25) is 0 Å². The maximum absolute atomic E-state index is 12.4. The van der Waals surface area contributed by atoms with Gasteiger partial charge in [-0.05, 0) is 47.9 Å². The lowest BCUT2D eigenvalue weighted by atomic mass is 9.81. The molecule has 0 bridgehead atoms. The highest BCUT2D eigenvalue weighted by Crippen LogP contribution is 2.34. The van der Waals surface area contributed by atoms with E-state index in [0.29, 0.717) is 22.9 Å². The van der Waals surface area contributed by atoms with Crippen molar-refractivity contribution in [1.29, 1.82) is 0 Å². The molecule has 6 nitrogen and oxygen atoms in total. The van der Waals surface area contributed by atoms with Crippen molar-refractivity contribution in [1.82, 2.24) is 0 Å². The molecule has 1 atom stereocenters. The Morgan fingerprint density at radius 2 is 1.59 bits per heavy atom. The van der Waals surface area contributed by atoms with Gasteiger partial charge in [-0.15, -0.1) is 0 Å². The van der Waals surface area contributed by atoms with Gasteiger partial charge in [-0.3, -0.25) is 9.59 Å². The number of carbonyl (C=O) groups is 2. The van der Waals surface area contributed by atoms with Crippen LogP contribution >= 0.6 is 11.6 Å². The summed E-state index contributed by atoms with van der Waals surface area (Å²) in [5, 5.41) is 0.514. The molecule has 1 unspecified atom stereocenters. The maximum atomic E-state index is 12.4. The summed E-state index contributed by atoms with van der Waals surface area (Å²) in [5.74, 6) is -2.40. The molecule has 2 aromatic rings. The van der Waals surface area contributed by atoms with Crippen LogP contribution in [0.3, 0.4) is 0 Å². The number of nitrogen functional groups attached to an aromatic ring is 1. The van der Waals surface area contributed by atoms with Gasteiger partial charge in [-0.2, -0.15) is 0 Å². The fourth-order valence-electron chi connectivity index (χ4n) is 2.95. The highest BCUT2D eigenvalue weighted by Gasteiger charge is 2.38. The molecule has 0 amide bonds. The quantitative estimate of drug-likeness (QED) is 0.443.